The summed E-state index contributed by atoms with van der Waals surface area (Å²) in [7, 11) is 0. The highest BCUT2D eigenvalue weighted by Crippen LogP contribution is 2.42. The van der Waals surface area contributed by atoms with E-state index >= 15 is 0 Å². The Balaban J connectivity index is 1.86. The van der Waals surface area contributed by atoms with Crippen molar-refractivity contribution < 1.29 is 4.79 Å². The highest BCUT2D eigenvalue weighted by atomic mass is 16.1. The molecule has 4 aromatic rings. The van der Waals surface area contributed by atoms with E-state index in [1.165, 1.54) is 5.56 Å². The van der Waals surface area contributed by atoms with E-state index in [9.17, 15) is 4.79 Å². The van der Waals surface area contributed by atoms with Gasteiger partial charge in [0.2, 0.25) is 6.41 Å². The minimum Gasteiger partial charge on any atom is -0.327 e. The molecule has 1 N–H and O–H groups in total. The van der Waals surface area contributed by atoms with Crippen LogP contribution in [-0.2, 0) is 17.6 Å². The third kappa shape index (κ3) is 2.14. The Morgan fingerprint density at radius 3 is 2.65 bits per heavy atom. The molecule has 1 aliphatic rings. The summed E-state index contributed by atoms with van der Waals surface area (Å²) in [6, 6.07) is 17.9. The second-order valence-corrected chi connectivity index (χ2v) is 6.35. The van der Waals surface area contributed by atoms with Crippen LogP contribution in [-0.4, -0.2) is 21.2 Å². The van der Waals surface area contributed by atoms with Crippen LogP contribution in [0.25, 0.3) is 27.8 Å². The van der Waals surface area contributed by atoms with Crippen molar-refractivity contribution >= 4 is 23.0 Å². The van der Waals surface area contributed by atoms with Gasteiger partial charge in [0.1, 0.15) is 0 Å². The maximum atomic E-state index is 11.4. The molecular formula is C21H16N4O. The SMILES string of the molecule is O=CNc1c2c(nc3ccccc13)CCc1cnn(-c3ccccc3)c1-2. The second kappa shape index (κ2) is 5.81. The first kappa shape index (κ1) is 14.8. The van der Waals surface area contributed by atoms with Crippen LogP contribution in [0.1, 0.15) is 11.3 Å². The summed E-state index contributed by atoms with van der Waals surface area (Å²) in [6.07, 6.45) is 4.38. The summed E-state index contributed by atoms with van der Waals surface area (Å²) in [4.78, 5) is 16.2. The number of carbonyl (C=O) groups excluding carboxylic acids is 1. The number of hydrogen-bond acceptors (Lipinski definition) is 3. The number of rotatable bonds is 3. The molecule has 0 bridgehead atoms. The molecule has 26 heavy (non-hydrogen) atoms. The molecule has 0 saturated heterocycles. The van der Waals surface area contributed by atoms with Crippen LogP contribution in [0.3, 0.4) is 0 Å². The number of pyridine rings is 1. The Kier molecular flexibility index (Phi) is 3.31. The third-order valence-corrected chi connectivity index (χ3v) is 4.88. The molecule has 0 atom stereocenters. The van der Waals surface area contributed by atoms with E-state index in [1.807, 2.05) is 65.5 Å². The maximum Gasteiger partial charge on any atom is 0.211 e. The van der Waals surface area contributed by atoms with E-state index in [0.717, 1.165) is 58.5 Å². The van der Waals surface area contributed by atoms with E-state index in [1.54, 1.807) is 0 Å². The number of hydrogen-bond donors (Lipinski definition) is 1. The van der Waals surface area contributed by atoms with Gasteiger partial charge in [0.05, 0.1) is 34.5 Å². The van der Waals surface area contributed by atoms with Gasteiger partial charge in [-0.25, -0.2) is 4.68 Å². The zero-order valence-electron chi connectivity index (χ0n) is 14.0. The summed E-state index contributed by atoms with van der Waals surface area (Å²) in [5, 5.41) is 8.48. The molecule has 0 saturated carbocycles. The molecule has 126 valence electrons. The van der Waals surface area contributed by atoms with Gasteiger partial charge in [-0.2, -0.15) is 5.10 Å². The number of nitrogens with one attached hydrogen (secondary N) is 1. The summed E-state index contributed by atoms with van der Waals surface area (Å²) >= 11 is 0. The van der Waals surface area contributed by atoms with Crippen LogP contribution in [0.4, 0.5) is 5.69 Å². The van der Waals surface area contributed by atoms with E-state index in [-0.39, 0.29) is 0 Å². The van der Waals surface area contributed by atoms with Crippen LogP contribution in [0, 0.1) is 0 Å². The molecule has 5 nitrogen and oxygen atoms in total. The first-order valence-corrected chi connectivity index (χ1v) is 8.61. The van der Waals surface area contributed by atoms with Gasteiger partial charge in [-0.05, 0) is 36.6 Å². The first-order valence-electron chi connectivity index (χ1n) is 8.61. The highest BCUT2D eigenvalue weighted by molar-refractivity contribution is 6.04. The number of carbonyl (C=O) groups is 1. The van der Waals surface area contributed by atoms with Crippen LogP contribution in [0.15, 0.2) is 60.8 Å². The fourth-order valence-electron chi connectivity index (χ4n) is 3.76. The highest BCUT2D eigenvalue weighted by Gasteiger charge is 2.27. The molecule has 2 aromatic heterocycles. The van der Waals surface area contributed by atoms with Crippen molar-refractivity contribution in [3.63, 3.8) is 0 Å². The summed E-state index contributed by atoms with van der Waals surface area (Å²) in [5.74, 6) is 0. The smallest absolute Gasteiger partial charge is 0.211 e. The molecule has 0 unspecified atom stereocenters. The minimum atomic E-state index is 0.736. The number of nitrogens with zero attached hydrogens (tertiary/aromatic N) is 3. The van der Waals surface area contributed by atoms with Crippen molar-refractivity contribution in [1.82, 2.24) is 14.8 Å². The van der Waals surface area contributed by atoms with Crippen molar-refractivity contribution in [2.75, 3.05) is 5.32 Å². The third-order valence-electron chi connectivity index (χ3n) is 4.88. The number of aryl methyl sites for hydroxylation is 2. The molecule has 0 radical (unpaired) electrons. The molecule has 1 amide bonds. The van der Waals surface area contributed by atoms with Gasteiger partial charge in [0, 0.05) is 10.9 Å². The Hall–Kier alpha value is -3.47. The van der Waals surface area contributed by atoms with E-state index in [4.69, 9.17) is 4.98 Å². The standard InChI is InChI=1S/C21H16N4O/c26-13-22-20-16-8-4-5-9-17(16)24-18-11-10-14-12-23-25(21(14)19(18)20)15-6-2-1-3-7-15/h1-9,12-13H,10-11H2,(H,22,24,26). The van der Waals surface area contributed by atoms with Gasteiger partial charge in [-0.1, -0.05) is 36.4 Å². The number of benzene rings is 2. The predicted molar refractivity (Wildman–Crippen MR) is 101 cm³/mol. The molecule has 5 heteroatoms. The van der Waals surface area contributed by atoms with Gasteiger partial charge in [-0.3, -0.25) is 9.78 Å². The van der Waals surface area contributed by atoms with Gasteiger partial charge in [-0.15, -0.1) is 0 Å². The van der Waals surface area contributed by atoms with E-state index in [0.29, 0.717) is 0 Å². The van der Waals surface area contributed by atoms with Gasteiger partial charge in [0.15, 0.2) is 0 Å². The fourth-order valence-corrected chi connectivity index (χ4v) is 3.76. The number of fused-ring (bicyclic) bond motifs is 4. The molecule has 0 fully saturated rings. The minimum absolute atomic E-state index is 0.736. The van der Waals surface area contributed by atoms with Crippen molar-refractivity contribution in [1.29, 1.82) is 0 Å². The number of anilines is 1. The number of aromatic nitrogens is 3. The zero-order valence-corrected chi connectivity index (χ0v) is 14.0. The zero-order chi connectivity index (χ0) is 17.5. The summed E-state index contributed by atoms with van der Waals surface area (Å²) in [6.45, 7) is 0. The number of amides is 1. The summed E-state index contributed by atoms with van der Waals surface area (Å²) in [5.41, 5.74) is 6.85. The van der Waals surface area contributed by atoms with Crippen LogP contribution < -0.4 is 5.32 Å². The van der Waals surface area contributed by atoms with Gasteiger partial charge >= 0.3 is 0 Å². The molecule has 1 aliphatic carbocycles. The predicted octanol–water partition coefficient (Wildman–Crippen LogP) is 3.75. The van der Waals surface area contributed by atoms with Crippen molar-refractivity contribution in [3.05, 3.63) is 72.1 Å². The maximum absolute atomic E-state index is 11.4. The average molecular weight is 340 g/mol. The lowest BCUT2D eigenvalue weighted by atomic mass is 9.91. The van der Waals surface area contributed by atoms with E-state index in [2.05, 4.69) is 10.4 Å². The van der Waals surface area contributed by atoms with Crippen molar-refractivity contribution in [3.8, 4) is 16.9 Å². The quantitative estimate of drug-likeness (QED) is 0.578. The largest absolute Gasteiger partial charge is 0.327 e. The lowest BCUT2D eigenvalue weighted by molar-refractivity contribution is -0.105. The monoisotopic (exact) mass is 340 g/mol. The Morgan fingerprint density at radius 1 is 1.00 bits per heavy atom. The molecule has 0 spiro atoms. The lowest BCUT2D eigenvalue weighted by Gasteiger charge is -2.22. The summed E-state index contributed by atoms with van der Waals surface area (Å²) < 4.78 is 1.94. The Bertz CT molecular complexity index is 1130. The first-order chi connectivity index (χ1) is 12.9. The molecule has 2 aromatic carbocycles. The molecule has 5 rings (SSSR count). The fraction of sp³-hybridized carbons (Fsp3) is 0.0952. The molecular weight excluding hydrogens is 324 g/mol. The lowest BCUT2D eigenvalue weighted by Crippen LogP contribution is -2.12. The molecule has 0 aliphatic heterocycles. The van der Waals surface area contributed by atoms with E-state index < -0.39 is 0 Å². The average Bonchev–Trinajstić information content (AvgIpc) is 3.13. The van der Waals surface area contributed by atoms with Crippen LogP contribution in [0.5, 0.6) is 0 Å². The van der Waals surface area contributed by atoms with Gasteiger partial charge < -0.3 is 5.32 Å². The Labute approximate surface area is 150 Å². The molecule has 2 heterocycles. The Morgan fingerprint density at radius 2 is 1.81 bits per heavy atom. The number of para-hydroxylation sites is 2. The van der Waals surface area contributed by atoms with Crippen molar-refractivity contribution in [2.45, 2.75) is 12.8 Å². The second-order valence-electron chi connectivity index (χ2n) is 6.35. The van der Waals surface area contributed by atoms with Crippen molar-refractivity contribution in [2.24, 2.45) is 0 Å². The topological polar surface area (TPSA) is 59.8 Å². The van der Waals surface area contributed by atoms with Crippen LogP contribution in [0.2, 0.25) is 0 Å². The normalized spacial score (nSPS) is 12.5. The van der Waals surface area contributed by atoms with Crippen LogP contribution >= 0.6 is 0 Å². The van der Waals surface area contributed by atoms with Gasteiger partial charge in [0.25, 0.3) is 0 Å².